The quantitative estimate of drug-likeness (QED) is 0.626. The Morgan fingerprint density at radius 1 is 1.17 bits per heavy atom. The van der Waals surface area contributed by atoms with Crippen molar-refractivity contribution in [2.24, 2.45) is 5.92 Å². The van der Waals surface area contributed by atoms with Gasteiger partial charge < -0.3 is 10.1 Å². The van der Waals surface area contributed by atoms with Crippen molar-refractivity contribution < 1.29 is 9.53 Å². The maximum atomic E-state index is 13.4. The highest BCUT2D eigenvalue weighted by Gasteiger charge is 2.41. The van der Waals surface area contributed by atoms with Crippen molar-refractivity contribution in [2.75, 3.05) is 11.9 Å². The Labute approximate surface area is 177 Å². The van der Waals surface area contributed by atoms with Crippen molar-refractivity contribution in [2.45, 2.75) is 51.4 Å². The van der Waals surface area contributed by atoms with E-state index in [9.17, 15) is 10.1 Å². The van der Waals surface area contributed by atoms with Gasteiger partial charge in [-0.3, -0.25) is 4.79 Å². The zero-order valence-corrected chi connectivity index (χ0v) is 17.8. The molecule has 2 aromatic carbocycles. The molecule has 1 aliphatic carbocycles. The van der Waals surface area contributed by atoms with E-state index < -0.39 is 5.41 Å². The topological polar surface area (TPSA) is 62.1 Å². The molecule has 29 heavy (non-hydrogen) atoms. The van der Waals surface area contributed by atoms with Crippen molar-refractivity contribution in [1.82, 2.24) is 0 Å². The fourth-order valence-electron chi connectivity index (χ4n) is 3.90. The second kappa shape index (κ2) is 9.33. The third kappa shape index (κ3) is 4.92. The van der Waals surface area contributed by atoms with Crippen molar-refractivity contribution in [3.8, 4) is 11.8 Å². The van der Waals surface area contributed by atoms with Gasteiger partial charge in [0.15, 0.2) is 0 Å². The van der Waals surface area contributed by atoms with Crippen molar-refractivity contribution in [3.05, 3.63) is 58.6 Å². The Bertz CT molecular complexity index is 894. The molecule has 0 bridgehead atoms. The first-order chi connectivity index (χ1) is 13.9. The lowest BCUT2D eigenvalue weighted by molar-refractivity contribution is -0.122. The van der Waals surface area contributed by atoms with Crippen LogP contribution in [-0.2, 0) is 10.2 Å². The van der Waals surface area contributed by atoms with Gasteiger partial charge in [-0.25, -0.2) is 0 Å². The summed E-state index contributed by atoms with van der Waals surface area (Å²) in [5, 5.41) is 13.2. The van der Waals surface area contributed by atoms with Gasteiger partial charge in [0, 0.05) is 10.7 Å². The largest absolute Gasteiger partial charge is 0.492 e. The van der Waals surface area contributed by atoms with Crippen LogP contribution in [0.15, 0.2) is 42.5 Å². The number of nitrogens with one attached hydrogen (secondary N) is 1. The molecule has 4 nitrogen and oxygen atoms in total. The van der Waals surface area contributed by atoms with Crippen LogP contribution in [0.1, 0.15) is 57.1 Å². The molecule has 1 N–H and O–H groups in total. The van der Waals surface area contributed by atoms with E-state index in [1.807, 2.05) is 24.3 Å². The molecule has 2 aromatic rings. The molecule has 3 rings (SSSR count). The molecule has 1 saturated carbocycles. The number of benzene rings is 2. The second-order valence-electron chi connectivity index (χ2n) is 8.13. The Morgan fingerprint density at radius 2 is 1.86 bits per heavy atom. The lowest BCUT2D eigenvalue weighted by atomic mass is 9.68. The molecular formula is C24H27ClN2O2. The number of rotatable bonds is 6. The van der Waals surface area contributed by atoms with Crippen LogP contribution in [0.2, 0.25) is 5.02 Å². The molecule has 1 amide bonds. The highest BCUT2D eigenvalue weighted by Crippen LogP contribution is 2.41. The average Bonchev–Trinajstić information content (AvgIpc) is 2.73. The van der Waals surface area contributed by atoms with E-state index in [0.29, 0.717) is 34.5 Å². The molecule has 0 atom stereocenters. The number of hydrogen-bond donors (Lipinski definition) is 1. The number of hydrogen-bond acceptors (Lipinski definition) is 3. The molecule has 1 aliphatic rings. The number of carbonyl (C=O) groups is 1. The van der Waals surface area contributed by atoms with Gasteiger partial charge in [-0.2, -0.15) is 5.26 Å². The molecule has 0 aromatic heterocycles. The molecule has 0 unspecified atom stereocenters. The van der Waals surface area contributed by atoms with Gasteiger partial charge in [0.05, 0.1) is 17.6 Å². The van der Waals surface area contributed by atoms with Gasteiger partial charge in [-0.15, -0.1) is 0 Å². The predicted molar refractivity (Wildman–Crippen MR) is 116 cm³/mol. The lowest BCUT2D eigenvalue weighted by Crippen LogP contribution is -2.42. The van der Waals surface area contributed by atoms with E-state index in [1.54, 1.807) is 18.2 Å². The number of halogens is 1. The van der Waals surface area contributed by atoms with Gasteiger partial charge in [-0.1, -0.05) is 56.8 Å². The third-order valence-corrected chi connectivity index (χ3v) is 5.72. The average molecular weight is 411 g/mol. The summed E-state index contributed by atoms with van der Waals surface area (Å²) in [7, 11) is 0. The zero-order valence-electron chi connectivity index (χ0n) is 17.0. The third-order valence-electron chi connectivity index (χ3n) is 5.47. The number of amides is 1. The fourth-order valence-corrected chi connectivity index (χ4v) is 4.03. The number of ether oxygens (including phenoxy) is 1. The Hall–Kier alpha value is -2.51. The minimum Gasteiger partial charge on any atom is -0.492 e. The number of anilines is 1. The Kier molecular flexibility index (Phi) is 6.82. The zero-order chi connectivity index (χ0) is 20.9. The first-order valence-electron chi connectivity index (χ1n) is 10.2. The summed E-state index contributed by atoms with van der Waals surface area (Å²) in [6, 6.07) is 15.0. The first-order valence-corrected chi connectivity index (χ1v) is 10.6. The highest BCUT2D eigenvalue weighted by atomic mass is 35.5. The summed E-state index contributed by atoms with van der Waals surface area (Å²) in [6.07, 6.45) is 4.79. The monoisotopic (exact) mass is 410 g/mol. The summed E-state index contributed by atoms with van der Waals surface area (Å²) >= 11 is 6.06. The standard InChI is InChI=1S/C24H27ClN2O2/c1-17(2)16-29-22-11-10-21(14-18(22)15-26)27-23(28)24(12-4-3-5-13-24)19-6-8-20(25)9-7-19/h6-11,14,17H,3-5,12-13,16H2,1-2H3,(H,27,28). The predicted octanol–water partition coefficient (Wildman–Crippen LogP) is 6.09. The van der Waals surface area contributed by atoms with Gasteiger partial charge >= 0.3 is 0 Å². The minimum absolute atomic E-state index is 0.0285. The smallest absolute Gasteiger partial charge is 0.235 e. The van der Waals surface area contributed by atoms with E-state index >= 15 is 0 Å². The van der Waals surface area contributed by atoms with Crippen LogP contribution in [0.3, 0.4) is 0 Å². The minimum atomic E-state index is -0.567. The van der Waals surface area contributed by atoms with Gasteiger partial charge in [-0.05, 0) is 54.7 Å². The van der Waals surface area contributed by atoms with Crippen molar-refractivity contribution >= 4 is 23.2 Å². The van der Waals surface area contributed by atoms with Crippen molar-refractivity contribution in [3.63, 3.8) is 0 Å². The van der Waals surface area contributed by atoms with E-state index in [4.69, 9.17) is 16.3 Å². The molecule has 152 valence electrons. The summed E-state index contributed by atoms with van der Waals surface area (Å²) in [4.78, 5) is 13.4. The van der Waals surface area contributed by atoms with Crippen LogP contribution in [0, 0.1) is 17.2 Å². The molecule has 0 saturated heterocycles. The fraction of sp³-hybridized carbons (Fsp3) is 0.417. The van der Waals surface area contributed by atoms with E-state index in [1.165, 1.54) is 0 Å². The van der Waals surface area contributed by atoms with Crippen LogP contribution >= 0.6 is 11.6 Å². The van der Waals surface area contributed by atoms with Crippen molar-refractivity contribution in [1.29, 1.82) is 5.26 Å². The molecule has 1 fully saturated rings. The van der Waals surface area contributed by atoms with E-state index in [0.717, 1.165) is 37.7 Å². The van der Waals surface area contributed by atoms with Crippen LogP contribution < -0.4 is 10.1 Å². The first kappa shape index (κ1) is 21.2. The maximum absolute atomic E-state index is 13.4. The van der Waals surface area contributed by atoms with Crippen LogP contribution in [0.4, 0.5) is 5.69 Å². The molecule has 5 heteroatoms. The lowest BCUT2D eigenvalue weighted by Gasteiger charge is -2.36. The summed E-state index contributed by atoms with van der Waals surface area (Å²) in [6.45, 7) is 4.65. The SMILES string of the molecule is CC(C)COc1ccc(NC(=O)C2(c3ccc(Cl)cc3)CCCCC2)cc1C#N. The van der Waals surface area contributed by atoms with E-state index in [-0.39, 0.29) is 5.91 Å². The van der Waals surface area contributed by atoms with Gasteiger partial charge in [0.25, 0.3) is 0 Å². The highest BCUT2D eigenvalue weighted by molar-refractivity contribution is 6.30. The summed E-state index contributed by atoms with van der Waals surface area (Å²) in [5.74, 6) is 0.884. The summed E-state index contributed by atoms with van der Waals surface area (Å²) < 4.78 is 5.72. The maximum Gasteiger partial charge on any atom is 0.235 e. The van der Waals surface area contributed by atoms with Gasteiger partial charge in [0.2, 0.25) is 5.91 Å². The molecular weight excluding hydrogens is 384 g/mol. The Morgan fingerprint density at radius 3 is 2.48 bits per heavy atom. The molecule has 0 aliphatic heterocycles. The normalized spacial score (nSPS) is 15.6. The molecule has 0 spiro atoms. The van der Waals surface area contributed by atoms with Crippen LogP contribution in [0.5, 0.6) is 5.75 Å². The number of nitrogens with zero attached hydrogens (tertiary/aromatic N) is 1. The molecule has 0 heterocycles. The number of carbonyl (C=O) groups excluding carboxylic acids is 1. The van der Waals surface area contributed by atoms with Crippen LogP contribution in [-0.4, -0.2) is 12.5 Å². The second-order valence-corrected chi connectivity index (χ2v) is 8.57. The number of nitriles is 1. The van der Waals surface area contributed by atoms with Crippen LogP contribution in [0.25, 0.3) is 0 Å². The van der Waals surface area contributed by atoms with E-state index in [2.05, 4.69) is 25.2 Å². The van der Waals surface area contributed by atoms with Gasteiger partial charge in [0.1, 0.15) is 11.8 Å². The summed E-state index contributed by atoms with van der Waals surface area (Å²) in [5.41, 5.74) is 1.47. The Balaban J connectivity index is 1.84. The molecule has 0 radical (unpaired) electrons.